The Morgan fingerprint density at radius 2 is 2.00 bits per heavy atom. The zero-order valence-electron chi connectivity index (χ0n) is 13.6. The SMILES string of the molecule is CCC1(C(=O)N(CC(C)C)CC2CCCN2)CCCC1. The molecule has 1 amide bonds. The summed E-state index contributed by atoms with van der Waals surface area (Å²) in [4.78, 5) is 15.3. The summed E-state index contributed by atoms with van der Waals surface area (Å²) in [5.74, 6) is 0.996. The van der Waals surface area contributed by atoms with Gasteiger partial charge in [0.25, 0.3) is 0 Å². The number of hydrogen-bond donors (Lipinski definition) is 1. The monoisotopic (exact) mass is 280 g/mol. The van der Waals surface area contributed by atoms with Gasteiger partial charge in [0, 0.05) is 24.5 Å². The van der Waals surface area contributed by atoms with E-state index in [1.165, 1.54) is 25.7 Å². The molecule has 0 bridgehead atoms. The Bertz CT molecular complexity index is 315. The fraction of sp³-hybridized carbons (Fsp3) is 0.941. The molecule has 0 aromatic carbocycles. The molecule has 0 spiro atoms. The standard InChI is InChI=1S/C17H32N2O/c1-4-17(9-5-6-10-17)16(20)19(12-14(2)3)13-15-8-7-11-18-15/h14-15,18H,4-13H2,1-3H3. The lowest BCUT2D eigenvalue weighted by Gasteiger charge is -2.36. The lowest BCUT2D eigenvalue weighted by atomic mass is 9.81. The lowest BCUT2D eigenvalue weighted by molar-refractivity contribution is -0.143. The van der Waals surface area contributed by atoms with E-state index >= 15 is 0 Å². The predicted octanol–water partition coefficient (Wildman–Crippen LogP) is 3.19. The van der Waals surface area contributed by atoms with E-state index in [0.29, 0.717) is 17.9 Å². The maximum atomic E-state index is 13.1. The van der Waals surface area contributed by atoms with E-state index < -0.39 is 0 Å². The zero-order chi connectivity index (χ0) is 14.6. The highest BCUT2D eigenvalue weighted by atomic mass is 16.2. The number of nitrogens with zero attached hydrogens (tertiary/aromatic N) is 1. The minimum absolute atomic E-state index is 0.0342. The van der Waals surface area contributed by atoms with Gasteiger partial charge in [0.2, 0.25) is 5.91 Å². The van der Waals surface area contributed by atoms with Crippen LogP contribution in [-0.2, 0) is 4.79 Å². The first-order valence-electron chi connectivity index (χ1n) is 8.60. The molecule has 116 valence electrons. The summed E-state index contributed by atoms with van der Waals surface area (Å²) in [6, 6.07) is 0.521. The molecule has 20 heavy (non-hydrogen) atoms. The minimum atomic E-state index is -0.0342. The Balaban J connectivity index is 2.05. The smallest absolute Gasteiger partial charge is 0.228 e. The van der Waals surface area contributed by atoms with Gasteiger partial charge >= 0.3 is 0 Å². The number of nitrogens with one attached hydrogen (secondary N) is 1. The number of rotatable bonds is 6. The Hall–Kier alpha value is -0.570. The summed E-state index contributed by atoms with van der Waals surface area (Å²) >= 11 is 0. The van der Waals surface area contributed by atoms with Crippen LogP contribution in [0.25, 0.3) is 0 Å². The van der Waals surface area contributed by atoms with Crippen LogP contribution in [-0.4, -0.2) is 36.5 Å². The number of amides is 1. The molecule has 2 rings (SSSR count). The van der Waals surface area contributed by atoms with E-state index in [-0.39, 0.29) is 5.41 Å². The van der Waals surface area contributed by atoms with E-state index in [1.54, 1.807) is 0 Å². The summed E-state index contributed by atoms with van der Waals surface area (Å²) in [5.41, 5.74) is -0.0342. The molecule has 0 radical (unpaired) electrons. The van der Waals surface area contributed by atoms with Gasteiger partial charge in [-0.3, -0.25) is 4.79 Å². The maximum absolute atomic E-state index is 13.1. The van der Waals surface area contributed by atoms with Gasteiger partial charge in [-0.15, -0.1) is 0 Å². The molecule has 1 heterocycles. The van der Waals surface area contributed by atoms with E-state index in [9.17, 15) is 4.79 Å². The van der Waals surface area contributed by atoms with Crippen molar-refractivity contribution in [3.63, 3.8) is 0 Å². The van der Waals surface area contributed by atoms with Crippen molar-refractivity contribution in [1.29, 1.82) is 0 Å². The molecule has 1 unspecified atom stereocenters. The van der Waals surface area contributed by atoms with Gasteiger partial charge in [-0.1, -0.05) is 33.6 Å². The average molecular weight is 280 g/mol. The van der Waals surface area contributed by atoms with Crippen molar-refractivity contribution >= 4 is 5.91 Å². The van der Waals surface area contributed by atoms with Crippen LogP contribution in [0.4, 0.5) is 0 Å². The van der Waals surface area contributed by atoms with Gasteiger partial charge in [-0.05, 0) is 44.6 Å². The first-order valence-corrected chi connectivity index (χ1v) is 8.60. The third-order valence-electron chi connectivity index (χ3n) is 5.17. The molecule has 3 nitrogen and oxygen atoms in total. The first kappa shape index (κ1) is 15.8. The first-order chi connectivity index (χ1) is 9.57. The van der Waals surface area contributed by atoms with E-state index in [2.05, 4.69) is 31.0 Å². The second kappa shape index (κ2) is 6.93. The molecule has 0 aromatic rings. The van der Waals surface area contributed by atoms with Crippen molar-refractivity contribution in [3.8, 4) is 0 Å². The van der Waals surface area contributed by atoms with Crippen LogP contribution in [0.3, 0.4) is 0 Å². The highest BCUT2D eigenvalue weighted by Gasteiger charge is 2.42. The summed E-state index contributed by atoms with van der Waals surface area (Å²) in [6.07, 6.45) is 8.17. The summed E-state index contributed by atoms with van der Waals surface area (Å²) in [5, 5.41) is 3.54. The van der Waals surface area contributed by atoms with Crippen LogP contribution in [0.5, 0.6) is 0 Å². The van der Waals surface area contributed by atoms with Crippen molar-refractivity contribution in [2.75, 3.05) is 19.6 Å². The largest absolute Gasteiger partial charge is 0.340 e. The normalized spacial score (nSPS) is 25.3. The van der Waals surface area contributed by atoms with Gasteiger partial charge < -0.3 is 10.2 Å². The highest BCUT2D eigenvalue weighted by Crippen LogP contribution is 2.42. The second-order valence-corrected chi connectivity index (χ2v) is 7.24. The summed E-state index contributed by atoms with van der Waals surface area (Å²) < 4.78 is 0. The molecule has 1 N–H and O–H groups in total. The van der Waals surface area contributed by atoms with Crippen LogP contribution in [0, 0.1) is 11.3 Å². The Labute approximate surface area is 124 Å². The Kier molecular flexibility index (Phi) is 5.48. The van der Waals surface area contributed by atoms with Crippen molar-refractivity contribution in [1.82, 2.24) is 10.2 Å². The minimum Gasteiger partial charge on any atom is -0.340 e. The van der Waals surface area contributed by atoms with Crippen molar-refractivity contribution in [3.05, 3.63) is 0 Å². The van der Waals surface area contributed by atoms with Gasteiger partial charge in [-0.2, -0.15) is 0 Å². The average Bonchev–Trinajstić information content (AvgIpc) is 3.08. The molecule has 1 saturated heterocycles. The maximum Gasteiger partial charge on any atom is 0.228 e. The van der Waals surface area contributed by atoms with Crippen LogP contribution in [0.2, 0.25) is 0 Å². The molecule has 0 aromatic heterocycles. The van der Waals surface area contributed by atoms with Gasteiger partial charge in [0.15, 0.2) is 0 Å². The molecule has 1 saturated carbocycles. The molecular weight excluding hydrogens is 248 g/mol. The number of carbonyl (C=O) groups excluding carboxylic acids is 1. The van der Waals surface area contributed by atoms with Gasteiger partial charge in [0.05, 0.1) is 0 Å². The highest BCUT2D eigenvalue weighted by molar-refractivity contribution is 5.83. The molecular formula is C17H32N2O. The van der Waals surface area contributed by atoms with Gasteiger partial charge in [0.1, 0.15) is 0 Å². The van der Waals surface area contributed by atoms with Crippen LogP contribution in [0.1, 0.15) is 65.7 Å². The quantitative estimate of drug-likeness (QED) is 0.810. The van der Waals surface area contributed by atoms with Crippen LogP contribution in [0.15, 0.2) is 0 Å². The van der Waals surface area contributed by atoms with Crippen LogP contribution >= 0.6 is 0 Å². The zero-order valence-corrected chi connectivity index (χ0v) is 13.6. The lowest BCUT2D eigenvalue weighted by Crippen LogP contribution is -2.48. The summed E-state index contributed by atoms with van der Waals surface area (Å²) in [6.45, 7) is 9.58. The fourth-order valence-electron chi connectivity index (χ4n) is 3.97. The van der Waals surface area contributed by atoms with Gasteiger partial charge in [-0.25, -0.2) is 0 Å². The predicted molar refractivity (Wildman–Crippen MR) is 83.6 cm³/mol. The number of hydrogen-bond acceptors (Lipinski definition) is 2. The second-order valence-electron chi connectivity index (χ2n) is 7.24. The molecule has 1 aliphatic carbocycles. The number of carbonyl (C=O) groups is 1. The Morgan fingerprint density at radius 1 is 1.30 bits per heavy atom. The van der Waals surface area contributed by atoms with E-state index in [1.807, 2.05) is 0 Å². The third kappa shape index (κ3) is 3.55. The van der Waals surface area contributed by atoms with Crippen molar-refractivity contribution in [2.24, 2.45) is 11.3 Å². The topological polar surface area (TPSA) is 32.3 Å². The molecule has 1 aliphatic heterocycles. The molecule has 2 aliphatic rings. The van der Waals surface area contributed by atoms with Crippen molar-refractivity contribution in [2.45, 2.75) is 71.8 Å². The molecule has 1 atom stereocenters. The van der Waals surface area contributed by atoms with Crippen molar-refractivity contribution < 1.29 is 4.79 Å². The fourth-order valence-corrected chi connectivity index (χ4v) is 3.97. The van der Waals surface area contributed by atoms with E-state index in [4.69, 9.17) is 0 Å². The summed E-state index contributed by atoms with van der Waals surface area (Å²) in [7, 11) is 0. The molecule has 2 fully saturated rings. The van der Waals surface area contributed by atoms with Crippen LogP contribution < -0.4 is 5.32 Å². The Morgan fingerprint density at radius 3 is 2.50 bits per heavy atom. The molecule has 3 heteroatoms. The third-order valence-corrected chi connectivity index (χ3v) is 5.17. The van der Waals surface area contributed by atoms with E-state index in [0.717, 1.165) is 38.9 Å².